The topological polar surface area (TPSA) is 79.3 Å². The Kier molecular flexibility index (Phi) is 3.37. The summed E-state index contributed by atoms with van der Waals surface area (Å²) in [6.45, 7) is 0.682. The van der Waals surface area contributed by atoms with Gasteiger partial charge in [0.2, 0.25) is 0 Å². The summed E-state index contributed by atoms with van der Waals surface area (Å²) >= 11 is 0. The van der Waals surface area contributed by atoms with Gasteiger partial charge >= 0.3 is 5.97 Å². The molecule has 0 spiro atoms. The molecule has 90 valence electrons. The minimum Gasteiger partial charge on any atom is -0.478 e. The van der Waals surface area contributed by atoms with E-state index in [1.54, 1.807) is 0 Å². The van der Waals surface area contributed by atoms with Gasteiger partial charge in [-0.15, -0.1) is 0 Å². The fraction of sp³-hybridized carbons (Fsp3) is 0.417. The summed E-state index contributed by atoms with van der Waals surface area (Å²) in [4.78, 5) is 26.1. The van der Waals surface area contributed by atoms with Crippen LogP contribution in [0.2, 0.25) is 0 Å². The lowest BCUT2D eigenvalue weighted by Gasteiger charge is -2.25. The Bertz CT molecular complexity index is 424. The summed E-state index contributed by atoms with van der Waals surface area (Å²) in [6, 6.07) is 2.81. The summed E-state index contributed by atoms with van der Waals surface area (Å²) in [5.41, 5.74) is 0.342. The highest BCUT2D eigenvalue weighted by atomic mass is 16.4. The third-order valence-electron chi connectivity index (χ3n) is 3.02. The number of carbonyl (C=O) groups is 2. The van der Waals surface area contributed by atoms with E-state index in [1.807, 2.05) is 0 Å². The zero-order chi connectivity index (χ0) is 12.3. The number of pyridine rings is 1. The van der Waals surface area contributed by atoms with Crippen molar-refractivity contribution in [2.24, 2.45) is 5.92 Å². The Balaban J connectivity index is 1.91. The first kappa shape index (κ1) is 11.6. The van der Waals surface area contributed by atoms with Crippen molar-refractivity contribution in [3.63, 3.8) is 0 Å². The Hall–Kier alpha value is -1.91. The van der Waals surface area contributed by atoms with Crippen LogP contribution in [0.3, 0.4) is 0 Å². The molecule has 0 atom stereocenters. The molecular formula is C12H14N2O3. The Morgan fingerprint density at radius 1 is 1.41 bits per heavy atom. The minimum atomic E-state index is -1.04. The largest absolute Gasteiger partial charge is 0.478 e. The molecule has 1 aromatic rings. The number of aromatic nitrogens is 1. The average molecular weight is 234 g/mol. The number of nitrogens with one attached hydrogen (secondary N) is 1. The normalized spacial score (nSPS) is 15.1. The van der Waals surface area contributed by atoms with E-state index in [0.29, 0.717) is 12.5 Å². The third-order valence-corrected chi connectivity index (χ3v) is 3.02. The average Bonchev–Trinajstić information content (AvgIpc) is 2.27. The van der Waals surface area contributed by atoms with Gasteiger partial charge in [-0.2, -0.15) is 0 Å². The first-order chi connectivity index (χ1) is 8.16. The summed E-state index contributed by atoms with van der Waals surface area (Å²) in [5, 5.41) is 11.5. The molecule has 1 aromatic heterocycles. The maximum Gasteiger partial charge on any atom is 0.337 e. The van der Waals surface area contributed by atoms with E-state index >= 15 is 0 Å². The molecule has 1 fully saturated rings. The molecule has 1 saturated carbocycles. The second-order valence-corrected chi connectivity index (χ2v) is 4.24. The Morgan fingerprint density at radius 2 is 2.18 bits per heavy atom. The quantitative estimate of drug-likeness (QED) is 0.823. The van der Waals surface area contributed by atoms with Gasteiger partial charge < -0.3 is 10.4 Å². The lowest BCUT2D eigenvalue weighted by Crippen LogP contribution is -2.32. The second-order valence-electron chi connectivity index (χ2n) is 4.24. The standard InChI is InChI=1S/C12H14N2O3/c15-11(14-6-8-2-1-3-8)10-5-4-9(7-13-10)12(16)17/h4-5,7-8H,1-3,6H2,(H,14,15)(H,16,17). The van der Waals surface area contributed by atoms with Crippen molar-refractivity contribution in [2.45, 2.75) is 19.3 Å². The molecule has 0 aliphatic heterocycles. The van der Waals surface area contributed by atoms with Crippen molar-refractivity contribution in [3.05, 3.63) is 29.6 Å². The van der Waals surface area contributed by atoms with Crippen LogP contribution in [-0.4, -0.2) is 28.5 Å². The molecule has 17 heavy (non-hydrogen) atoms. The Morgan fingerprint density at radius 3 is 2.65 bits per heavy atom. The molecular weight excluding hydrogens is 220 g/mol. The minimum absolute atomic E-state index is 0.0838. The molecule has 0 radical (unpaired) electrons. The van der Waals surface area contributed by atoms with E-state index in [2.05, 4.69) is 10.3 Å². The van der Waals surface area contributed by atoms with Gasteiger partial charge in [0, 0.05) is 12.7 Å². The van der Waals surface area contributed by atoms with Gasteiger partial charge in [0.15, 0.2) is 0 Å². The number of nitrogens with zero attached hydrogens (tertiary/aromatic N) is 1. The van der Waals surface area contributed by atoms with Crippen molar-refractivity contribution in [1.29, 1.82) is 0 Å². The number of carboxylic acid groups (broad SMARTS) is 1. The predicted molar refractivity (Wildman–Crippen MR) is 60.9 cm³/mol. The molecule has 2 N–H and O–H groups in total. The summed E-state index contributed by atoms with van der Waals surface area (Å²) in [7, 11) is 0. The number of carbonyl (C=O) groups excluding carboxylic acids is 1. The number of carboxylic acids is 1. The summed E-state index contributed by atoms with van der Waals surface area (Å²) < 4.78 is 0. The molecule has 2 rings (SSSR count). The van der Waals surface area contributed by atoms with Crippen LogP contribution in [0.4, 0.5) is 0 Å². The van der Waals surface area contributed by atoms with Gasteiger partial charge in [-0.1, -0.05) is 6.42 Å². The predicted octanol–water partition coefficient (Wildman–Crippen LogP) is 1.31. The molecule has 0 unspecified atom stereocenters. The highest BCUT2D eigenvalue weighted by Crippen LogP contribution is 2.25. The highest BCUT2D eigenvalue weighted by Gasteiger charge is 2.18. The lowest BCUT2D eigenvalue weighted by atomic mass is 9.85. The molecule has 5 heteroatoms. The molecule has 0 aromatic carbocycles. The number of amides is 1. The maximum atomic E-state index is 11.6. The zero-order valence-electron chi connectivity index (χ0n) is 9.35. The molecule has 1 aliphatic carbocycles. The van der Waals surface area contributed by atoms with Crippen LogP contribution in [0.25, 0.3) is 0 Å². The van der Waals surface area contributed by atoms with Gasteiger partial charge in [0.1, 0.15) is 5.69 Å². The van der Waals surface area contributed by atoms with Crippen molar-refractivity contribution < 1.29 is 14.7 Å². The van der Waals surface area contributed by atoms with Crippen molar-refractivity contribution in [2.75, 3.05) is 6.54 Å². The molecule has 1 heterocycles. The monoisotopic (exact) mass is 234 g/mol. The van der Waals surface area contributed by atoms with E-state index in [4.69, 9.17) is 5.11 Å². The highest BCUT2D eigenvalue weighted by molar-refractivity contribution is 5.93. The number of rotatable bonds is 4. The van der Waals surface area contributed by atoms with E-state index in [0.717, 1.165) is 0 Å². The van der Waals surface area contributed by atoms with Gasteiger partial charge in [-0.25, -0.2) is 4.79 Å². The van der Waals surface area contributed by atoms with Crippen LogP contribution in [-0.2, 0) is 0 Å². The van der Waals surface area contributed by atoms with Crippen LogP contribution < -0.4 is 5.32 Å². The summed E-state index contributed by atoms with van der Waals surface area (Å²) in [5.74, 6) is -0.690. The van der Waals surface area contributed by atoms with Crippen molar-refractivity contribution in [1.82, 2.24) is 10.3 Å². The van der Waals surface area contributed by atoms with Crippen molar-refractivity contribution >= 4 is 11.9 Å². The smallest absolute Gasteiger partial charge is 0.337 e. The first-order valence-electron chi connectivity index (χ1n) is 5.64. The van der Waals surface area contributed by atoms with Crippen LogP contribution in [0.5, 0.6) is 0 Å². The van der Waals surface area contributed by atoms with Gasteiger partial charge in [-0.3, -0.25) is 9.78 Å². The third kappa shape index (κ3) is 2.81. The van der Waals surface area contributed by atoms with Crippen LogP contribution >= 0.6 is 0 Å². The van der Waals surface area contributed by atoms with Crippen LogP contribution in [0.1, 0.15) is 40.1 Å². The number of hydrogen-bond donors (Lipinski definition) is 2. The fourth-order valence-corrected chi connectivity index (χ4v) is 1.68. The number of aromatic carboxylic acids is 1. The summed E-state index contributed by atoms with van der Waals surface area (Å²) in [6.07, 6.45) is 4.78. The van der Waals surface area contributed by atoms with Crippen LogP contribution in [0, 0.1) is 5.92 Å². The van der Waals surface area contributed by atoms with Crippen molar-refractivity contribution in [3.8, 4) is 0 Å². The molecule has 1 amide bonds. The maximum absolute atomic E-state index is 11.6. The fourth-order valence-electron chi connectivity index (χ4n) is 1.68. The van der Waals surface area contributed by atoms with E-state index in [1.165, 1.54) is 37.6 Å². The molecule has 0 bridgehead atoms. The number of hydrogen-bond acceptors (Lipinski definition) is 3. The first-order valence-corrected chi connectivity index (χ1v) is 5.64. The van der Waals surface area contributed by atoms with Gasteiger partial charge in [0.05, 0.1) is 5.56 Å². The van der Waals surface area contributed by atoms with E-state index < -0.39 is 5.97 Å². The van der Waals surface area contributed by atoms with E-state index in [-0.39, 0.29) is 17.2 Å². The second kappa shape index (κ2) is 4.95. The SMILES string of the molecule is O=C(O)c1ccc(C(=O)NCC2CCC2)nc1. The van der Waals surface area contributed by atoms with Crippen LogP contribution in [0.15, 0.2) is 18.3 Å². The van der Waals surface area contributed by atoms with Gasteiger partial charge in [-0.05, 0) is 30.9 Å². The lowest BCUT2D eigenvalue weighted by molar-refractivity contribution is 0.0695. The van der Waals surface area contributed by atoms with Gasteiger partial charge in [0.25, 0.3) is 5.91 Å². The zero-order valence-corrected chi connectivity index (χ0v) is 9.35. The molecule has 0 saturated heterocycles. The van der Waals surface area contributed by atoms with E-state index in [9.17, 15) is 9.59 Å². The Labute approximate surface area is 98.9 Å². The molecule has 5 nitrogen and oxygen atoms in total. The molecule has 1 aliphatic rings.